The van der Waals surface area contributed by atoms with Crippen LogP contribution in [0.3, 0.4) is 0 Å². The Morgan fingerprint density at radius 3 is 2.46 bits per heavy atom. The number of benzene rings is 2. The van der Waals surface area contributed by atoms with Crippen molar-refractivity contribution in [3.8, 4) is 0 Å². The SMILES string of the molecule is CC(=O)N/C(=C\c1cccc([N+](=O)[O-])c1)C(=O)Nc1ccc(C)cc1C. The summed E-state index contributed by atoms with van der Waals surface area (Å²) in [5, 5.41) is 16.1. The van der Waals surface area contributed by atoms with Crippen molar-refractivity contribution in [1.29, 1.82) is 0 Å². The van der Waals surface area contributed by atoms with Crippen LogP contribution < -0.4 is 10.6 Å². The fourth-order valence-corrected chi connectivity index (χ4v) is 2.39. The molecule has 0 aliphatic rings. The fourth-order valence-electron chi connectivity index (χ4n) is 2.39. The molecule has 0 atom stereocenters. The molecule has 0 aliphatic carbocycles. The highest BCUT2D eigenvalue weighted by atomic mass is 16.6. The second-order valence-electron chi connectivity index (χ2n) is 5.86. The summed E-state index contributed by atoms with van der Waals surface area (Å²) in [6.45, 7) is 5.10. The monoisotopic (exact) mass is 353 g/mol. The van der Waals surface area contributed by atoms with Gasteiger partial charge in [0.2, 0.25) is 5.91 Å². The van der Waals surface area contributed by atoms with Gasteiger partial charge in [-0.1, -0.05) is 29.8 Å². The molecule has 2 amide bonds. The van der Waals surface area contributed by atoms with Crippen LogP contribution in [0.25, 0.3) is 6.08 Å². The molecule has 0 aromatic heterocycles. The number of hydrogen-bond donors (Lipinski definition) is 2. The van der Waals surface area contributed by atoms with Crippen LogP contribution in [0.2, 0.25) is 0 Å². The van der Waals surface area contributed by atoms with Crippen LogP contribution in [0.4, 0.5) is 11.4 Å². The molecule has 2 aromatic carbocycles. The number of nitrogens with one attached hydrogen (secondary N) is 2. The second-order valence-corrected chi connectivity index (χ2v) is 5.86. The number of nitro benzene ring substituents is 1. The minimum Gasteiger partial charge on any atom is -0.322 e. The van der Waals surface area contributed by atoms with Gasteiger partial charge in [-0.3, -0.25) is 19.7 Å². The van der Waals surface area contributed by atoms with Gasteiger partial charge >= 0.3 is 0 Å². The van der Waals surface area contributed by atoms with E-state index in [4.69, 9.17) is 0 Å². The van der Waals surface area contributed by atoms with E-state index in [0.717, 1.165) is 11.1 Å². The van der Waals surface area contributed by atoms with E-state index in [2.05, 4.69) is 10.6 Å². The zero-order valence-corrected chi connectivity index (χ0v) is 14.7. The first-order valence-corrected chi connectivity index (χ1v) is 7.88. The molecule has 0 radical (unpaired) electrons. The molecule has 0 heterocycles. The molecule has 26 heavy (non-hydrogen) atoms. The highest BCUT2D eigenvalue weighted by Gasteiger charge is 2.14. The minimum absolute atomic E-state index is 0.00188. The van der Waals surface area contributed by atoms with Gasteiger partial charge < -0.3 is 10.6 Å². The minimum atomic E-state index is -0.523. The predicted molar refractivity (Wildman–Crippen MR) is 99.4 cm³/mol. The number of carbonyl (C=O) groups excluding carboxylic acids is 2. The van der Waals surface area contributed by atoms with E-state index in [0.29, 0.717) is 11.3 Å². The third-order valence-corrected chi connectivity index (χ3v) is 3.58. The van der Waals surface area contributed by atoms with Gasteiger partial charge in [0, 0.05) is 24.7 Å². The van der Waals surface area contributed by atoms with Gasteiger partial charge in [0.05, 0.1) is 4.92 Å². The second kappa shape index (κ2) is 8.06. The van der Waals surface area contributed by atoms with Gasteiger partial charge in [0.15, 0.2) is 0 Å². The van der Waals surface area contributed by atoms with Crippen molar-refractivity contribution >= 4 is 29.3 Å². The molecular formula is C19H19N3O4. The highest BCUT2D eigenvalue weighted by molar-refractivity contribution is 6.08. The number of aryl methyl sites for hydroxylation is 2. The molecule has 0 saturated carbocycles. The van der Waals surface area contributed by atoms with Crippen LogP contribution in [-0.4, -0.2) is 16.7 Å². The van der Waals surface area contributed by atoms with Crippen LogP contribution in [-0.2, 0) is 9.59 Å². The zero-order valence-electron chi connectivity index (χ0n) is 14.7. The number of rotatable bonds is 5. The lowest BCUT2D eigenvalue weighted by atomic mass is 10.1. The van der Waals surface area contributed by atoms with Crippen LogP contribution in [0.15, 0.2) is 48.2 Å². The lowest BCUT2D eigenvalue weighted by molar-refractivity contribution is -0.384. The number of hydrogen-bond acceptors (Lipinski definition) is 4. The molecule has 0 unspecified atom stereocenters. The largest absolute Gasteiger partial charge is 0.322 e. The number of non-ortho nitro benzene ring substituents is 1. The first-order valence-electron chi connectivity index (χ1n) is 7.88. The molecule has 134 valence electrons. The Kier molecular flexibility index (Phi) is 5.85. The Hall–Kier alpha value is -3.48. The van der Waals surface area contributed by atoms with E-state index in [9.17, 15) is 19.7 Å². The zero-order chi connectivity index (χ0) is 19.3. The third-order valence-electron chi connectivity index (χ3n) is 3.58. The first-order chi connectivity index (χ1) is 12.3. The molecule has 2 rings (SSSR count). The molecule has 7 nitrogen and oxygen atoms in total. The third kappa shape index (κ3) is 5.01. The van der Waals surface area contributed by atoms with Crippen LogP contribution in [0, 0.1) is 24.0 Å². The Balaban J connectivity index is 2.34. The Morgan fingerprint density at radius 1 is 1.12 bits per heavy atom. The van der Waals surface area contributed by atoms with Gasteiger partial charge in [-0.05, 0) is 37.1 Å². The molecule has 0 spiro atoms. The van der Waals surface area contributed by atoms with Crippen molar-refractivity contribution in [2.75, 3.05) is 5.32 Å². The lowest BCUT2D eigenvalue weighted by Gasteiger charge is -2.12. The first kappa shape index (κ1) is 18.9. The van der Waals surface area contributed by atoms with Gasteiger partial charge in [0.25, 0.3) is 11.6 Å². The molecule has 7 heteroatoms. The van der Waals surface area contributed by atoms with E-state index in [1.807, 2.05) is 26.0 Å². The smallest absolute Gasteiger partial charge is 0.272 e. The molecule has 0 aliphatic heterocycles. The summed E-state index contributed by atoms with van der Waals surface area (Å²) in [6, 6.07) is 11.4. The predicted octanol–water partition coefficient (Wildman–Crippen LogP) is 3.33. The summed E-state index contributed by atoms with van der Waals surface area (Å²) in [5.41, 5.74) is 2.90. The van der Waals surface area contributed by atoms with Gasteiger partial charge in [-0.25, -0.2) is 0 Å². The molecule has 0 saturated heterocycles. The van der Waals surface area contributed by atoms with Crippen LogP contribution in [0.1, 0.15) is 23.6 Å². The number of nitro groups is 1. The van der Waals surface area contributed by atoms with Crippen molar-refractivity contribution < 1.29 is 14.5 Å². The number of carbonyl (C=O) groups is 2. The van der Waals surface area contributed by atoms with Crippen LogP contribution in [0.5, 0.6) is 0 Å². The quantitative estimate of drug-likeness (QED) is 0.489. The summed E-state index contributed by atoms with van der Waals surface area (Å²) in [7, 11) is 0. The highest BCUT2D eigenvalue weighted by Crippen LogP contribution is 2.18. The van der Waals surface area contributed by atoms with Crippen molar-refractivity contribution in [2.45, 2.75) is 20.8 Å². The van der Waals surface area contributed by atoms with E-state index < -0.39 is 16.7 Å². The van der Waals surface area contributed by atoms with E-state index in [1.165, 1.54) is 31.2 Å². The average molecular weight is 353 g/mol. The summed E-state index contributed by atoms with van der Waals surface area (Å²) in [4.78, 5) is 34.4. The lowest BCUT2D eigenvalue weighted by Crippen LogP contribution is -2.29. The number of anilines is 1. The molecule has 2 N–H and O–H groups in total. The Labute approximate surface area is 150 Å². The summed E-state index contributed by atoms with van der Waals surface area (Å²) in [5.74, 6) is -0.934. The van der Waals surface area contributed by atoms with E-state index >= 15 is 0 Å². The molecule has 0 bridgehead atoms. The summed E-state index contributed by atoms with van der Waals surface area (Å²) in [6.07, 6.45) is 1.40. The number of amides is 2. The van der Waals surface area contributed by atoms with Gasteiger partial charge in [-0.15, -0.1) is 0 Å². The normalized spacial score (nSPS) is 11.0. The number of nitrogens with zero attached hydrogens (tertiary/aromatic N) is 1. The Bertz CT molecular complexity index is 903. The molecular weight excluding hydrogens is 334 g/mol. The van der Waals surface area contributed by atoms with E-state index in [-0.39, 0.29) is 11.4 Å². The maximum Gasteiger partial charge on any atom is 0.272 e. The molecule has 0 fully saturated rings. The van der Waals surface area contributed by atoms with E-state index in [1.54, 1.807) is 12.1 Å². The fraction of sp³-hybridized carbons (Fsp3) is 0.158. The average Bonchev–Trinajstić information content (AvgIpc) is 2.56. The van der Waals surface area contributed by atoms with Crippen molar-refractivity contribution in [3.63, 3.8) is 0 Å². The van der Waals surface area contributed by atoms with Crippen molar-refractivity contribution in [3.05, 3.63) is 75.0 Å². The molecule has 2 aromatic rings. The van der Waals surface area contributed by atoms with Crippen molar-refractivity contribution in [1.82, 2.24) is 5.32 Å². The maximum absolute atomic E-state index is 12.6. The summed E-state index contributed by atoms with van der Waals surface area (Å²) < 4.78 is 0. The van der Waals surface area contributed by atoms with Crippen LogP contribution >= 0.6 is 0 Å². The van der Waals surface area contributed by atoms with Gasteiger partial charge in [-0.2, -0.15) is 0 Å². The van der Waals surface area contributed by atoms with Gasteiger partial charge in [0.1, 0.15) is 5.70 Å². The van der Waals surface area contributed by atoms with Crippen molar-refractivity contribution in [2.24, 2.45) is 0 Å². The Morgan fingerprint density at radius 2 is 1.85 bits per heavy atom. The standard InChI is InChI=1S/C19H19N3O4/c1-12-7-8-17(13(2)9-12)21-19(24)18(20-14(3)23)11-15-5-4-6-16(10-15)22(25)26/h4-11H,1-3H3,(H,20,23)(H,21,24)/b18-11-. The topological polar surface area (TPSA) is 101 Å². The summed E-state index contributed by atoms with van der Waals surface area (Å²) >= 11 is 0. The maximum atomic E-state index is 12.6.